The van der Waals surface area contributed by atoms with Crippen molar-refractivity contribution in [3.05, 3.63) is 28.2 Å². The first-order valence-corrected chi connectivity index (χ1v) is 7.87. The van der Waals surface area contributed by atoms with E-state index in [-0.39, 0.29) is 6.61 Å². The molecule has 0 spiro atoms. The molecule has 1 aliphatic heterocycles. The number of benzene rings is 1. The molecule has 0 saturated carbocycles. The minimum atomic E-state index is 0.0982. The Kier molecular flexibility index (Phi) is 5.25. The molecule has 3 nitrogen and oxygen atoms in total. The lowest BCUT2D eigenvalue weighted by Crippen LogP contribution is -2.37. The maximum atomic E-state index is 9.16. The molecule has 1 saturated heterocycles. The topological polar surface area (TPSA) is 26.7 Å². The molecule has 0 aliphatic carbocycles. The molecule has 1 aliphatic rings. The maximum Gasteiger partial charge on any atom is 0.0682 e. The fourth-order valence-corrected chi connectivity index (χ4v) is 3.58. The smallest absolute Gasteiger partial charge is 0.0682 e. The summed E-state index contributed by atoms with van der Waals surface area (Å²) in [6.07, 6.45) is 1.23. The zero-order chi connectivity index (χ0) is 13.8. The predicted octanol–water partition coefficient (Wildman–Crippen LogP) is 2.86. The second kappa shape index (κ2) is 6.73. The van der Waals surface area contributed by atoms with Crippen LogP contribution < -0.4 is 4.90 Å². The quantitative estimate of drug-likeness (QED) is 0.901. The van der Waals surface area contributed by atoms with Gasteiger partial charge in [-0.1, -0.05) is 19.9 Å². The SMILES string of the molecule is CCN(CC)C1CCN(c2ccc(CO)cc2Br)C1. The van der Waals surface area contributed by atoms with Crippen LogP contribution in [-0.2, 0) is 6.61 Å². The van der Waals surface area contributed by atoms with Crippen molar-refractivity contribution in [3.8, 4) is 0 Å². The van der Waals surface area contributed by atoms with Gasteiger partial charge in [0.05, 0.1) is 12.3 Å². The van der Waals surface area contributed by atoms with Crippen molar-refractivity contribution in [2.24, 2.45) is 0 Å². The Morgan fingerprint density at radius 3 is 2.68 bits per heavy atom. The predicted molar refractivity (Wildman–Crippen MR) is 83.6 cm³/mol. The summed E-state index contributed by atoms with van der Waals surface area (Å²) in [7, 11) is 0. The molecule has 0 aromatic heterocycles. The van der Waals surface area contributed by atoms with Gasteiger partial charge in [0, 0.05) is 23.6 Å². The number of likely N-dealkylation sites (N-methyl/N-ethyl adjacent to an activating group) is 1. The molecule has 1 unspecified atom stereocenters. The fourth-order valence-electron chi connectivity index (χ4n) is 2.90. The lowest BCUT2D eigenvalue weighted by atomic mass is 10.2. The van der Waals surface area contributed by atoms with Crippen LogP contribution in [0.25, 0.3) is 0 Å². The van der Waals surface area contributed by atoms with Gasteiger partial charge in [-0.25, -0.2) is 0 Å². The van der Waals surface area contributed by atoms with Crippen LogP contribution in [0.3, 0.4) is 0 Å². The van der Waals surface area contributed by atoms with E-state index < -0.39 is 0 Å². The average Bonchev–Trinajstić information content (AvgIpc) is 2.89. The van der Waals surface area contributed by atoms with Crippen LogP contribution in [0.15, 0.2) is 22.7 Å². The summed E-state index contributed by atoms with van der Waals surface area (Å²) in [4.78, 5) is 4.98. The summed E-state index contributed by atoms with van der Waals surface area (Å²) in [6, 6.07) is 6.80. The van der Waals surface area contributed by atoms with Crippen LogP contribution in [0.2, 0.25) is 0 Å². The Morgan fingerprint density at radius 1 is 1.37 bits per heavy atom. The van der Waals surface area contributed by atoms with Gasteiger partial charge < -0.3 is 10.0 Å². The standard InChI is InChI=1S/C15H23BrN2O/c1-3-17(4-2)13-7-8-18(10-13)15-6-5-12(11-19)9-14(15)16/h5-6,9,13,19H,3-4,7-8,10-11H2,1-2H3. The monoisotopic (exact) mass is 326 g/mol. The minimum Gasteiger partial charge on any atom is -0.392 e. The molecule has 1 heterocycles. The molecule has 0 amide bonds. The molecule has 1 N–H and O–H groups in total. The summed E-state index contributed by atoms with van der Waals surface area (Å²) in [5.74, 6) is 0. The average molecular weight is 327 g/mol. The Hall–Kier alpha value is -0.580. The molecule has 19 heavy (non-hydrogen) atoms. The van der Waals surface area contributed by atoms with Gasteiger partial charge in [0.2, 0.25) is 0 Å². The minimum absolute atomic E-state index is 0.0982. The Labute approximate surface area is 124 Å². The zero-order valence-electron chi connectivity index (χ0n) is 11.8. The molecule has 1 aromatic carbocycles. The van der Waals surface area contributed by atoms with Gasteiger partial charge in [0.15, 0.2) is 0 Å². The summed E-state index contributed by atoms with van der Waals surface area (Å²) < 4.78 is 1.08. The Morgan fingerprint density at radius 2 is 2.11 bits per heavy atom. The fraction of sp³-hybridized carbons (Fsp3) is 0.600. The summed E-state index contributed by atoms with van der Waals surface area (Å²) in [5.41, 5.74) is 2.20. The molecule has 0 radical (unpaired) electrons. The highest BCUT2D eigenvalue weighted by molar-refractivity contribution is 9.10. The van der Waals surface area contributed by atoms with Gasteiger partial charge in [-0.15, -0.1) is 0 Å². The van der Waals surface area contributed by atoms with E-state index in [2.05, 4.69) is 45.6 Å². The van der Waals surface area contributed by atoms with Crippen molar-refractivity contribution in [2.45, 2.75) is 32.9 Å². The number of halogens is 1. The highest BCUT2D eigenvalue weighted by Gasteiger charge is 2.27. The Balaban J connectivity index is 2.08. The molecule has 1 fully saturated rings. The second-order valence-corrected chi connectivity index (χ2v) is 5.91. The molecule has 1 aromatic rings. The van der Waals surface area contributed by atoms with E-state index in [1.165, 1.54) is 12.1 Å². The van der Waals surface area contributed by atoms with Crippen LogP contribution in [-0.4, -0.2) is 42.2 Å². The van der Waals surface area contributed by atoms with E-state index in [9.17, 15) is 0 Å². The van der Waals surface area contributed by atoms with Crippen molar-refractivity contribution in [1.82, 2.24) is 4.90 Å². The number of hydrogen-bond donors (Lipinski definition) is 1. The van der Waals surface area contributed by atoms with Gasteiger partial charge in [0.1, 0.15) is 0 Å². The van der Waals surface area contributed by atoms with Gasteiger partial charge in [-0.2, -0.15) is 0 Å². The van der Waals surface area contributed by atoms with Gasteiger partial charge in [0.25, 0.3) is 0 Å². The van der Waals surface area contributed by atoms with E-state index in [4.69, 9.17) is 5.11 Å². The first kappa shape index (κ1) is 14.8. The lowest BCUT2D eigenvalue weighted by molar-refractivity contribution is 0.232. The normalized spacial score (nSPS) is 19.4. The number of nitrogens with zero attached hydrogens (tertiary/aromatic N) is 2. The van der Waals surface area contributed by atoms with Gasteiger partial charge >= 0.3 is 0 Å². The molecule has 4 heteroatoms. The van der Waals surface area contributed by atoms with Crippen LogP contribution in [0.4, 0.5) is 5.69 Å². The third kappa shape index (κ3) is 3.30. The van der Waals surface area contributed by atoms with Gasteiger partial charge in [-0.05, 0) is 53.1 Å². The molecule has 1 atom stereocenters. The molecular formula is C15H23BrN2O. The van der Waals surface area contributed by atoms with Crippen molar-refractivity contribution in [2.75, 3.05) is 31.1 Å². The van der Waals surface area contributed by atoms with Crippen LogP contribution in [0.5, 0.6) is 0 Å². The van der Waals surface area contributed by atoms with Crippen molar-refractivity contribution < 1.29 is 5.11 Å². The summed E-state index contributed by atoms with van der Waals surface area (Å²) in [5, 5.41) is 9.16. The largest absolute Gasteiger partial charge is 0.392 e. The molecule has 0 bridgehead atoms. The van der Waals surface area contributed by atoms with Crippen molar-refractivity contribution >= 4 is 21.6 Å². The van der Waals surface area contributed by atoms with E-state index in [0.717, 1.165) is 36.2 Å². The third-order valence-corrected chi connectivity index (χ3v) is 4.66. The number of aliphatic hydroxyl groups excluding tert-OH is 1. The van der Waals surface area contributed by atoms with Crippen molar-refractivity contribution in [1.29, 1.82) is 0 Å². The van der Waals surface area contributed by atoms with Crippen LogP contribution >= 0.6 is 15.9 Å². The lowest BCUT2D eigenvalue weighted by Gasteiger charge is -2.27. The maximum absolute atomic E-state index is 9.16. The highest BCUT2D eigenvalue weighted by Crippen LogP contribution is 2.31. The number of hydrogen-bond acceptors (Lipinski definition) is 3. The first-order chi connectivity index (χ1) is 9.19. The zero-order valence-corrected chi connectivity index (χ0v) is 13.4. The first-order valence-electron chi connectivity index (χ1n) is 7.07. The van der Waals surface area contributed by atoms with Crippen LogP contribution in [0, 0.1) is 0 Å². The van der Waals surface area contributed by atoms with E-state index >= 15 is 0 Å². The number of anilines is 1. The Bertz CT molecular complexity index is 421. The highest BCUT2D eigenvalue weighted by atomic mass is 79.9. The van der Waals surface area contributed by atoms with E-state index in [0.29, 0.717) is 6.04 Å². The second-order valence-electron chi connectivity index (χ2n) is 5.05. The summed E-state index contributed by atoms with van der Waals surface area (Å²) >= 11 is 3.62. The van der Waals surface area contributed by atoms with Crippen molar-refractivity contribution in [3.63, 3.8) is 0 Å². The number of rotatable bonds is 5. The number of aliphatic hydroxyl groups is 1. The third-order valence-electron chi connectivity index (χ3n) is 4.03. The molecule has 2 rings (SSSR count). The molecule has 106 valence electrons. The van der Waals surface area contributed by atoms with Gasteiger partial charge in [-0.3, -0.25) is 4.90 Å². The van der Waals surface area contributed by atoms with E-state index in [1.54, 1.807) is 0 Å². The summed E-state index contributed by atoms with van der Waals surface area (Å²) in [6.45, 7) is 9.02. The van der Waals surface area contributed by atoms with E-state index in [1.807, 2.05) is 12.1 Å². The molecular weight excluding hydrogens is 304 g/mol. The van der Waals surface area contributed by atoms with Crippen LogP contribution in [0.1, 0.15) is 25.8 Å².